The highest BCUT2D eigenvalue weighted by Gasteiger charge is 2.46. The van der Waals surface area contributed by atoms with E-state index in [9.17, 15) is 9.13 Å². The lowest BCUT2D eigenvalue weighted by Gasteiger charge is -2.31. The summed E-state index contributed by atoms with van der Waals surface area (Å²) in [6, 6.07) is -1.70. The molecule has 86 valence electrons. The van der Waals surface area contributed by atoms with Crippen LogP contribution in [0.5, 0.6) is 0 Å². The standard InChI is InChI=1S/C3H13N3O6P2/c4-2(1-13(7,8)9)3(5,6)14(10,11)12/h2H,1,4-6H2,(H2,7,8,9)(H2,10,11,12). The van der Waals surface area contributed by atoms with Gasteiger partial charge in [0, 0.05) is 0 Å². The molecule has 0 aliphatic heterocycles. The molecule has 0 saturated carbocycles. The second kappa shape index (κ2) is 3.97. The van der Waals surface area contributed by atoms with Gasteiger partial charge in [-0.2, -0.15) is 0 Å². The topological polar surface area (TPSA) is 193 Å². The van der Waals surface area contributed by atoms with Gasteiger partial charge >= 0.3 is 15.2 Å². The first-order valence-corrected chi connectivity index (χ1v) is 6.72. The van der Waals surface area contributed by atoms with Crippen molar-refractivity contribution in [1.29, 1.82) is 0 Å². The summed E-state index contributed by atoms with van der Waals surface area (Å²) in [6.07, 6.45) is -0.995. The minimum atomic E-state index is -4.92. The summed E-state index contributed by atoms with van der Waals surface area (Å²) < 4.78 is 21.2. The SMILES string of the molecule is NC(CP(=O)(O)O)C(N)(N)P(=O)(O)O. The fourth-order valence-corrected chi connectivity index (χ4v) is 2.10. The third-order valence-corrected chi connectivity index (χ3v) is 3.74. The maximum atomic E-state index is 10.7. The molecular weight excluding hydrogens is 236 g/mol. The zero-order valence-corrected chi connectivity index (χ0v) is 8.81. The molecule has 1 atom stereocenters. The second-order valence-electron chi connectivity index (χ2n) is 2.89. The van der Waals surface area contributed by atoms with Crippen molar-refractivity contribution in [3.05, 3.63) is 0 Å². The van der Waals surface area contributed by atoms with Crippen LogP contribution in [0.1, 0.15) is 0 Å². The first kappa shape index (κ1) is 14.2. The number of rotatable bonds is 4. The Hall–Kier alpha value is 0.180. The second-order valence-corrected chi connectivity index (χ2v) is 6.44. The third kappa shape index (κ3) is 3.74. The molecule has 0 aromatic heterocycles. The van der Waals surface area contributed by atoms with Crippen LogP contribution < -0.4 is 17.2 Å². The Labute approximate surface area is 79.6 Å². The van der Waals surface area contributed by atoms with E-state index in [4.69, 9.17) is 36.8 Å². The van der Waals surface area contributed by atoms with Crippen LogP contribution >= 0.6 is 15.2 Å². The Bertz CT molecular complexity index is 293. The van der Waals surface area contributed by atoms with Crippen LogP contribution in [0.2, 0.25) is 0 Å². The van der Waals surface area contributed by atoms with Gasteiger partial charge in [-0.25, -0.2) is 0 Å². The van der Waals surface area contributed by atoms with E-state index in [-0.39, 0.29) is 0 Å². The van der Waals surface area contributed by atoms with Crippen LogP contribution in [0.4, 0.5) is 0 Å². The van der Waals surface area contributed by atoms with Gasteiger partial charge in [-0.3, -0.25) is 9.13 Å². The van der Waals surface area contributed by atoms with Gasteiger partial charge in [-0.1, -0.05) is 0 Å². The van der Waals surface area contributed by atoms with Gasteiger partial charge in [0.2, 0.25) is 0 Å². The van der Waals surface area contributed by atoms with E-state index >= 15 is 0 Å². The predicted octanol–water partition coefficient (Wildman–Crippen LogP) is -2.76. The molecular formula is C3H13N3O6P2. The summed E-state index contributed by atoms with van der Waals surface area (Å²) in [5, 5.41) is -2.64. The summed E-state index contributed by atoms with van der Waals surface area (Å²) >= 11 is 0. The molecule has 11 heteroatoms. The van der Waals surface area contributed by atoms with Crippen LogP contribution in [0.3, 0.4) is 0 Å². The lowest BCUT2D eigenvalue weighted by Crippen LogP contribution is -2.63. The Morgan fingerprint density at radius 2 is 1.50 bits per heavy atom. The zero-order chi connectivity index (χ0) is 11.8. The van der Waals surface area contributed by atoms with E-state index in [0.717, 1.165) is 0 Å². The van der Waals surface area contributed by atoms with Crippen molar-refractivity contribution >= 4 is 15.2 Å². The molecule has 0 saturated heterocycles. The summed E-state index contributed by atoms with van der Waals surface area (Å²) in [5.74, 6) is 0. The summed E-state index contributed by atoms with van der Waals surface area (Å²) in [5.41, 5.74) is 15.1. The maximum absolute atomic E-state index is 10.7. The first-order chi connectivity index (χ1) is 5.88. The Morgan fingerprint density at radius 1 is 1.14 bits per heavy atom. The van der Waals surface area contributed by atoms with Gasteiger partial charge in [0.1, 0.15) is 0 Å². The smallest absolute Gasteiger partial charge is 0.324 e. The molecule has 0 aliphatic rings. The molecule has 0 amide bonds. The summed E-state index contributed by atoms with van der Waals surface area (Å²) in [6.45, 7) is 0. The van der Waals surface area contributed by atoms with Crippen LogP contribution in [0.25, 0.3) is 0 Å². The highest BCUT2D eigenvalue weighted by molar-refractivity contribution is 7.54. The van der Waals surface area contributed by atoms with Crippen molar-refractivity contribution in [3.63, 3.8) is 0 Å². The van der Waals surface area contributed by atoms with Crippen molar-refractivity contribution in [2.24, 2.45) is 17.2 Å². The van der Waals surface area contributed by atoms with Gasteiger partial charge in [0.15, 0.2) is 5.40 Å². The minimum Gasteiger partial charge on any atom is -0.324 e. The van der Waals surface area contributed by atoms with E-state index in [1.165, 1.54) is 0 Å². The molecule has 0 fully saturated rings. The Morgan fingerprint density at radius 3 is 1.71 bits per heavy atom. The maximum Gasteiger partial charge on any atom is 0.361 e. The molecule has 0 aliphatic carbocycles. The van der Waals surface area contributed by atoms with Gasteiger partial charge in [-0.15, -0.1) is 0 Å². The molecule has 0 rings (SSSR count). The van der Waals surface area contributed by atoms with E-state index in [1.54, 1.807) is 0 Å². The monoisotopic (exact) mass is 249 g/mol. The van der Waals surface area contributed by atoms with Crippen molar-refractivity contribution in [1.82, 2.24) is 0 Å². The van der Waals surface area contributed by atoms with Gasteiger partial charge in [0.05, 0.1) is 12.2 Å². The number of hydrogen-bond acceptors (Lipinski definition) is 5. The average molecular weight is 249 g/mol. The lowest BCUT2D eigenvalue weighted by atomic mass is 10.3. The molecule has 9 nitrogen and oxygen atoms in total. The number of nitrogens with two attached hydrogens (primary N) is 3. The average Bonchev–Trinajstić information content (AvgIpc) is 1.80. The van der Waals surface area contributed by atoms with Crippen LogP contribution in [0, 0.1) is 0 Å². The lowest BCUT2D eigenvalue weighted by molar-refractivity contribution is 0.304. The Balaban J connectivity index is 4.78. The molecule has 0 aromatic carbocycles. The van der Waals surface area contributed by atoms with Crippen LogP contribution in [0.15, 0.2) is 0 Å². The third-order valence-electron chi connectivity index (χ3n) is 1.53. The summed E-state index contributed by atoms with van der Waals surface area (Å²) in [7, 11) is -9.44. The number of hydrogen-bond donors (Lipinski definition) is 7. The Kier molecular flexibility index (Phi) is 4.03. The molecule has 0 heterocycles. The highest BCUT2D eigenvalue weighted by Crippen LogP contribution is 2.47. The van der Waals surface area contributed by atoms with Gasteiger partial charge < -0.3 is 36.8 Å². The van der Waals surface area contributed by atoms with Crippen LogP contribution in [-0.2, 0) is 9.13 Å². The molecule has 0 aromatic rings. The molecule has 1 unspecified atom stereocenters. The highest BCUT2D eigenvalue weighted by atomic mass is 31.2. The van der Waals surface area contributed by atoms with Crippen molar-refractivity contribution in [2.45, 2.75) is 11.4 Å². The van der Waals surface area contributed by atoms with Gasteiger partial charge in [-0.05, 0) is 0 Å². The summed E-state index contributed by atoms with van der Waals surface area (Å²) in [4.78, 5) is 34.2. The van der Waals surface area contributed by atoms with Crippen molar-refractivity contribution < 1.29 is 28.7 Å². The molecule has 0 radical (unpaired) electrons. The molecule has 0 bridgehead atoms. The molecule has 0 spiro atoms. The zero-order valence-electron chi connectivity index (χ0n) is 7.02. The van der Waals surface area contributed by atoms with Crippen molar-refractivity contribution in [2.75, 3.05) is 6.16 Å². The fourth-order valence-electron chi connectivity index (χ4n) is 0.618. The molecule has 14 heavy (non-hydrogen) atoms. The van der Waals surface area contributed by atoms with Gasteiger partial charge in [0.25, 0.3) is 0 Å². The molecule has 10 N–H and O–H groups in total. The largest absolute Gasteiger partial charge is 0.361 e. The van der Waals surface area contributed by atoms with E-state index in [0.29, 0.717) is 0 Å². The predicted molar refractivity (Wildman–Crippen MR) is 48.0 cm³/mol. The van der Waals surface area contributed by atoms with Crippen molar-refractivity contribution in [3.8, 4) is 0 Å². The van der Waals surface area contributed by atoms with E-state index in [2.05, 4.69) is 0 Å². The van der Waals surface area contributed by atoms with E-state index < -0.39 is 32.8 Å². The van der Waals surface area contributed by atoms with E-state index in [1.807, 2.05) is 0 Å². The first-order valence-electron chi connectivity index (χ1n) is 3.31. The quantitative estimate of drug-likeness (QED) is 0.204. The minimum absolute atomic E-state index is 0.995. The normalized spacial score (nSPS) is 16.8. The van der Waals surface area contributed by atoms with Crippen LogP contribution in [-0.4, -0.2) is 37.2 Å². The fraction of sp³-hybridized carbons (Fsp3) is 1.00.